The fourth-order valence-corrected chi connectivity index (χ4v) is 1.84. The molecular weight excluding hydrogens is 320 g/mol. The Bertz CT molecular complexity index is 672. The van der Waals surface area contributed by atoms with Crippen molar-refractivity contribution in [2.24, 2.45) is 0 Å². The third-order valence-corrected chi connectivity index (χ3v) is 2.92. The molecular formula is C13H8Cl2FN3O2. The van der Waals surface area contributed by atoms with Crippen molar-refractivity contribution in [2.45, 2.75) is 0 Å². The van der Waals surface area contributed by atoms with Gasteiger partial charge in [0, 0.05) is 6.20 Å². The molecule has 108 valence electrons. The van der Waals surface area contributed by atoms with Crippen molar-refractivity contribution in [3.8, 4) is 0 Å². The molecule has 21 heavy (non-hydrogen) atoms. The predicted octanol–water partition coefficient (Wildman–Crippen LogP) is 3.49. The van der Waals surface area contributed by atoms with Gasteiger partial charge in [-0.05, 0) is 24.3 Å². The van der Waals surface area contributed by atoms with E-state index in [2.05, 4.69) is 10.3 Å². The summed E-state index contributed by atoms with van der Waals surface area (Å²) in [6.07, 6.45) is 1.33. The van der Waals surface area contributed by atoms with Crippen LogP contribution in [-0.2, 0) is 0 Å². The molecule has 1 aromatic heterocycles. The molecule has 2 aromatic rings. The Labute approximate surface area is 129 Å². The van der Waals surface area contributed by atoms with Crippen molar-refractivity contribution in [3.63, 3.8) is 0 Å². The number of pyridine rings is 1. The van der Waals surface area contributed by atoms with Crippen molar-refractivity contribution in [3.05, 3.63) is 58.0 Å². The number of aromatic nitrogens is 1. The molecule has 2 N–H and O–H groups in total. The summed E-state index contributed by atoms with van der Waals surface area (Å²) < 4.78 is 13.5. The van der Waals surface area contributed by atoms with Gasteiger partial charge in [0.05, 0.1) is 15.6 Å². The van der Waals surface area contributed by atoms with Gasteiger partial charge in [0.15, 0.2) is 0 Å². The second-order valence-electron chi connectivity index (χ2n) is 3.87. The highest BCUT2D eigenvalue weighted by Gasteiger charge is 2.18. The van der Waals surface area contributed by atoms with Gasteiger partial charge in [-0.1, -0.05) is 29.3 Å². The van der Waals surface area contributed by atoms with Crippen molar-refractivity contribution >= 4 is 41.0 Å². The number of imide groups is 1. The molecule has 0 atom stereocenters. The third-order valence-electron chi connectivity index (χ3n) is 2.39. The molecule has 0 unspecified atom stereocenters. The highest BCUT2D eigenvalue weighted by molar-refractivity contribution is 6.34. The number of rotatable bonds is 2. The Morgan fingerprint density at radius 2 is 1.90 bits per heavy atom. The predicted molar refractivity (Wildman–Crippen MR) is 77.1 cm³/mol. The van der Waals surface area contributed by atoms with Crippen LogP contribution in [0.5, 0.6) is 0 Å². The lowest BCUT2D eigenvalue weighted by Crippen LogP contribution is -2.35. The highest BCUT2D eigenvalue weighted by atomic mass is 35.5. The second kappa shape index (κ2) is 6.51. The van der Waals surface area contributed by atoms with E-state index in [4.69, 9.17) is 23.2 Å². The lowest BCUT2D eigenvalue weighted by atomic mass is 10.2. The minimum Gasteiger partial charge on any atom is -0.292 e. The summed E-state index contributed by atoms with van der Waals surface area (Å²) in [5, 5.41) is 4.56. The minimum absolute atomic E-state index is 0.0927. The lowest BCUT2D eigenvalue weighted by molar-refractivity contribution is 0.0963. The van der Waals surface area contributed by atoms with Gasteiger partial charge in [-0.3, -0.25) is 15.4 Å². The molecule has 1 heterocycles. The van der Waals surface area contributed by atoms with Crippen LogP contribution in [0.3, 0.4) is 0 Å². The van der Waals surface area contributed by atoms with Crippen molar-refractivity contribution in [1.82, 2.24) is 10.3 Å². The standard InChI is InChI=1S/C13H8Cl2FN3O2/c14-7-4-5-10(17-6-7)18-13(21)19-12(20)11-8(15)2-1-3-9(11)16/h1-6H,(H2,17,18,19,20,21). The van der Waals surface area contributed by atoms with E-state index in [1.54, 1.807) is 0 Å². The maximum absolute atomic E-state index is 13.5. The Kier molecular flexibility index (Phi) is 4.72. The summed E-state index contributed by atoms with van der Waals surface area (Å²) >= 11 is 11.4. The van der Waals surface area contributed by atoms with E-state index in [9.17, 15) is 14.0 Å². The van der Waals surface area contributed by atoms with E-state index in [0.717, 1.165) is 6.07 Å². The van der Waals surface area contributed by atoms with E-state index >= 15 is 0 Å². The largest absolute Gasteiger partial charge is 0.327 e. The smallest absolute Gasteiger partial charge is 0.292 e. The molecule has 0 spiro atoms. The first-order valence-electron chi connectivity index (χ1n) is 5.65. The average molecular weight is 328 g/mol. The summed E-state index contributed by atoms with van der Waals surface area (Å²) in [7, 11) is 0. The Hall–Kier alpha value is -2.18. The van der Waals surface area contributed by atoms with Crippen LogP contribution in [0.2, 0.25) is 10.0 Å². The number of nitrogens with one attached hydrogen (secondary N) is 2. The number of amides is 3. The summed E-state index contributed by atoms with van der Waals surface area (Å²) in [5.41, 5.74) is -0.404. The van der Waals surface area contributed by atoms with Crippen LogP contribution in [0.25, 0.3) is 0 Å². The van der Waals surface area contributed by atoms with Crippen molar-refractivity contribution < 1.29 is 14.0 Å². The number of urea groups is 1. The van der Waals surface area contributed by atoms with E-state index < -0.39 is 23.3 Å². The summed E-state index contributed by atoms with van der Waals surface area (Å²) in [4.78, 5) is 27.2. The van der Waals surface area contributed by atoms with Gasteiger partial charge in [-0.2, -0.15) is 0 Å². The normalized spacial score (nSPS) is 10.0. The number of carbonyl (C=O) groups is 2. The fraction of sp³-hybridized carbons (Fsp3) is 0. The molecule has 0 fully saturated rings. The van der Waals surface area contributed by atoms with Gasteiger partial charge >= 0.3 is 6.03 Å². The number of nitrogens with zero attached hydrogens (tertiary/aromatic N) is 1. The van der Waals surface area contributed by atoms with Gasteiger partial charge in [0.25, 0.3) is 5.91 Å². The number of carbonyl (C=O) groups excluding carboxylic acids is 2. The topological polar surface area (TPSA) is 71.1 Å². The molecule has 0 aliphatic rings. The summed E-state index contributed by atoms with van der Waals surface area (Å²) in [5.74, 6) is -1.59. The van der Waals surface area contributed by atoms with Gasteiger partial charge in [-0.25, -0.2) is 14.2 Å². The summed E-state index contributed by atoms with van der Waals surface area (Å²) in [6, 6.07) is 5.86. The Balaban J connectivity index is 2.06. The number of benzene rings is 1. The maximum atomic E-state index is 13.5. The van der Waals surface area contributed by atoms with Crippen LogP contribution in [0, 0.1) is 5.82 Å². The van der Waals surface area contributed by atoms with E-state index in [1.807, 2.05) is 5.32 Å². The molecule has 1 aromatic carbocycles. The monoisotopic (exact) mass is 327 g/mol. The minimum atomic E-state index is -0.954. The average Bonchev–Trinajstić information content (AvgIpc) is 2.41. The number of anilines is 1. The highest BCUT2D eigenvalue weighted by Crippen LogP contribution is 2.18. The Morgan fingerprint density at radius 1 is 1.14 bits per heavy atom. The molecule has 0 aliphatic heterocycles. The first-order chi connectivity index (χ1) is 9.97. The Morgan fingerprint density at radius 3 is 2.52 bits per heavy atom. The zero-order valence-electron chi connectivity index (χ0n) is 10.4. The van der Waals surface area contributed by atoms with Crippen LogP contribution in [0.4, 0.5) is 15.0 Å². The van der Waals surface area contributed by atoms with Crippen LogP contribution in [-0.4, -0.2) is 16.9 Å². The second-order valence-corrected chi connectivity index (χ2v) is 4.71. The molecule has 0 aliphatic carbocycles. The van der Waals surface area contributed by atoms with Gasteiger partial charge in [0.2, 0.25) is 0 Å². The molecule has 0 bridgehead atoms. The molecule has 0 saturated heterocycles. The van der Waals surface area contributed by atoms with Gasteiger partial charge in [0.1, 0.15) is 11.6 Å². The lowest BCUT2D eigenvalue weighted by Gasteiger charge is -2.07. The summed E-state index contributed by atoms with van der Waals surface area (Å²) in [6.45, 7) is 0. The third kappa shape index (κ3) is 3.90. The number of hydrogen-bond acceptors (Lipinski definition) is 3. The zero-order valence-corrected chi connectivity index (χ0v) is 11.9. The van der Waals surface area contributed by atoms with Gasteiger partial charge < -0.3 is 0 Å². The van der Waals surface area contributed by atoms with Crippen LogP contribution < -0.4 is 10.6 Å². The van der Waals surface area contributed by atoms with E-state index in [-0.39, 0.29) is 10.8 Å². The molecule has 0 saturated carbocycles. The zero-order chi connectivity index (χ0) is 15.4. The molecule has 5 nitrogen and oxygen atoms in total. The van der Waals surface area contributed by atoms with Gasteiger partial charge in [-0.15, -0.1) is 0 Å². The van der Waals surface area contributed by atoms with E-state index in [0.29, 0.717) is 5.02 Å². The molecule has 3 amide bonds. The van der Waals surface area contributed by atoms with Crippen molar-refractivity contribution in [1.29, 1.82) is 0 Å². The van der Waals surface area contributed by atoms with Crippen molar-refractivity contribution in [2.75, 3.05) is 5.32 Å². The quantitative estimate of drug-likeness (QED) is 0.886. The molecule has 8 heteroatoms. The first kappa shape index (κ1) is 15.2. The fourth-order valence-electron chi connectivity index (χ4n) is 1.48. The SMILES string of the molecule is O=C(NC(=O)c1c(F)cccc1Cl)Nc1ccc(Cl)cn1. The molecule has 0 radical (unpaired) electrons. The van der Waals surface area contributed by atoms with E-state index in [1.165, 1.54) is 30.5 Å². The van der Waals surface area contributed by atoms with Crippen LogP contribution in [0.15, 0.2) is 36.5 Å². The number of halogens is 3. The first-order valence-corrected chi connectivity index (χ1v) is 6.41. The molecule has 2 rings (SSSR count). The van der Waals surface area contributed by atoms with Crippen LogP contribution in [0.1, 0.15) is 10.4 Å². The number of hydrogen-bond donors (Lipinski definition) is 2. The van der Waals surface area contributed by atoms with Crippen LogP contribution >= 0.6 is 23.2 Å². The maximum Gasteiger partial charge on any atom is 0.327 e.